The zero-order chi connectivity index (χ0) is 17.5. The van der Waals surface area contributed by atoms with Crippen LogP contribution in [0.4, 0.5) is 13.2 Å². The van der Waals surface area contributed by atoms with Crippen LogP contribution in [0.3, 0.4) is 0 Å². The number of aryl methyl sites for hydroxylation is 1. The summed E-state index contributed by atoms with van der Waals surface area (Å²) in [6, 6.07) is 11.4. The average Bonchev–Trinajstić information content (AvgIpc) is 2.59. The van der Waals surface area contributed by atoms with E-state index in [0.717, 1.165) is 24.8 Å². The largest absolute Gasteiger partial charge is 0.209 e. The standard InChI is InChI=1S/C21H23F3/c1-3-5-7-19(22)21(24)17-11-9-16(10-12-17)18-13-8-15(6-4-2)14-20(18)23/h8-14H,3-7H2,1-2H3/b21-19-. The van der Waals surface area contributed by atoms with E-state index in [4.69, 9.17) is 0 Å². The molecule has 0 spiro atoms. The van der Waals surface area contributed by atoms with Crippen LogP contribution in [0.1, 0.15) is 50.7 Å². The van der Waals surface area contributed by atoms with E-state index in [1.807, 2.05) is 19.9 Å². The summed E-state index contributed by atoms with van der Waals surface area (Å²) in [5, 5.41) is 0. The van der Waals surface area contributed by atoms with E-state index < -0.39 is 11.7 Å². The van der Waals surface area contributed by atoms with Gasteiger partial charge in [0.2, 0.25) is 0 Å². The van der Waals surface area contributed by atoms with Gasteiger partial charge in [0.05, 0.1) is 0 Å². The Balaban J connectivity index is 2.23. The molecule has 24 heavy (non-hydrogen) atoms. The van der Waals surface area contributed by atoms with Crippen LogP contribution in [-0.2, 0) is 6.42 Å². The highest BCUT2D eigenvalue weighted by Crippen LogP contribution is 2.29. The number of halogens is 3. The van der Waals surface area contributed by atoms with E-state index in [0.29, 0.717) is 17.5 Å². The summed E-state index contributed by atoms with van der Waals surface area (Å²) in [4.78, 5) is 0. The molecule has 0 saturated heterocycles. The van der Waals surface area contributed by atoms with Gasteiger partial charge >= 0.3 is 0 Å². The molecule has 2 aromatic carbocycles. The lowest BCUT2D eigenvalue weighted by atomic mass is 10.00. The number of rotatable bonds is 7. The molecule has 0 aliphatic carbocycles. The fraction of sp³-hybridized carbons (Fsp3) is 0.333. The Labute approximate surface area is 142 Å². The van der Waals surface area contributed by atoms with Crippen LogP contribution in [0, 0.1) is 5.82 Å². The average molecular weight is 332 g/mol. The summed E-state index contributed by atoms with van der Waals surface area (Å²) in [5.41, 5.74) is 2.27. The lowest BCUT2D eigenvalue weighted by molar-refractivity contribution is 0.548. The highest BCUT2D eigenvalue weighted by atomic mass is 19.2. The minimum Gasteiger partial charge on any atom is -0.209 e. The van der Waals surface area contributed by atoms with Gasteiger partial charge in [-0.15, -0.1) is 0 Å². The Morgan fingerprint density at radius 3 is 2.21 bits per heavy atom. The molecule has 2 aromatic rings. The number of hydrogen-bond acceptors (Lipinski definition) is 0. The van der Waals surface area contributed by atoms with E-state index in [1.54, 1.807) is 18.2 Å². The van der Waals surface area contributed by atoms with Crippen LogP contribution >= 0.6 is 0 Å². The highest BCUT2D eigenvalue weighted by Gasteiger charge is 2.10. The van der Waals surface area contributed by atoms with Crippen molar-refractivity contribution < 1.29 is 13.2 Å². The van der Waals surface area contributed by atoms with Gasteiger partial charge in [-0.05, 0) is 30.0 Å². The minimum absolute atomic E-state index is 0.109. The Morgan fingerprint density at radius 2 is 1.62 bits per heavy atom. The van der Waals surface area contributed by atoms with Gasteiger partial charge in [0.1, 0.15) is 11.6 Å². The molecule has 2 rings (SSSR count). The zero-order valence-electron chi connectivity index (χ0n) is 14.2. The normalized spacial score (nSPS) is 12.2. The summed E-state index contributed by atoms with van der Waals surface area (Å²) >= 11 is 0. The second kappa shape index (κ2) is 8.72. The molecular formula is C21H23F3. The van der Waals surface area contributed by atoms with Gasteiger partial charge < -0.3 is 0 Å². The Kier molecular flexibility index (Phi) is 6.65. The summed E-state index contributed by atoms with van der Waals surface area (Å²) in [7, 11) is 0. The van der Waals surface area contributed by atoms with Crippen molar-refractivity contribution in [3.63, 3.8) is 0 Å². The van der Waals surface area contributed by atoms with E-state index in [1.165, 1.54) is 18.2 Å². The molecule has 128 valence electrons. The Morgan fingerprint density at radius 1 is 0.917 bits per heavy atom. The molecule has 0 nitrogen and oxygen atoms in total. The maximum atomic E-state index is 14.2. The zero-order valence-corrected chi connectivity index (χ0v) is 14.2. The maximum absolute atomic E-state index is 14.2. The predicted molar refractivity (Wildman–Crippen MR) is 94.5 cm³/mol. The Bertz CT molecular complexity index is 700. The molecule has 0 aromatic heterocycles. The van der Waals surface area contributed by atoms with Gasteiger partial charge in [-0.2, -0.15) is 0 Å². The van der Waals surface area contributed by atoms with Crippen molar-refractivity contribution in [3.8, 4) is 11.1 Å². The molecule has 0 fully saturated rings. The molecule has 0 aliphatic heterocycles. The number of benzene rings is 2. The van der Waals surface area contributed by atoms with Gasteiger partial charge in [-0.3, -0.25) is 0 Å². The van der Waals surface area contributed by atoms with Crippen LogP contribution in [0.15, 0.2) is 48.3 Å². The first-order chi connectivity index (χ1) is 11.6. The molecule has 0 aliphatic rings. The summed E-state index contributed by atoms with van der Waals surface area (Å²) in [6.07, 6.45) is 3.34. The van der Waals surface area contributed by atoms with Crippen LogP contribution in [0.25, 0.3) is 17.0 Å². The van der Waals surface area contributed by atoms with Crippen molar-refractivity contribution in [2.45, 2.75) is 46.0 Å². The van der Waals surface area contributed by atoms with E-state index in [2.05, 4.69) is 0 Å². The fourth-order valence-corrected chi connectivity index (χ4v) is 2.63. The van der Waals surface area contributed by atoms with Crippen LogP contribution in [0.5, 0.6) is 0 Å². The van der Waals surface area contributed by atoms with Gasteiger partial charge in [0, 0.05) is 17.5 Å². The lowest BCUT2D eigenvalue weighted by Crippen LogP contribution is -1.90. The molecule has 0 amide bonds. The first-order valence-corrected chi connectivity index (χ1v) is 8.50. The van der Waals surface area contributed by atoms with Crippen molar-refractivity contribution in [2.24, 2.45) is 0 Å². The summed E-state index contributed by atoms with van der Waals surface area (Å²) < 4.78 is 42.0. The third kappa shape index (κ3) is 4.50. The maximum Gasteiger partial charge on any atom is 0.161 e. The molecule has 3 heteroatoms. The molecular weight excluding hydrogens is 309 g/mol. The van der Waals surface area contributed by atoms with Gasteiger partial charge in [0.25, 0.3) is 0 Å². The molecule has 0 N–H and O–H groups in total. The Hall–Kier alpha value is -2.03. The van der Waals surface area contributed by atoms with E-state index in [9.17, 15) is 13.2 Å². The molecule has 0 radical (unpaired) electrons. The molecule has 0 atom stereocenters. The first-order valence-electron chi connectivity index (χ1n) is 8.50. The lowest BCUT2D eigenvalue weighted by Gasteiger charge is -2.07. The number of hydrogen-bond donors (Lipinski definition) is 0. The monoisotopic (exact) mass is 332 g/mol. The van der Waals surface area contributed by atoms with Crippen molar-refractivity contribution in [1.29, 1.82) is 0 Å². The summed E-state index contributed by atoms with van der Waals surface area (Å²) in [5.74, 6) is -1.84. The van der Waals surface area contributed by atoms with E-state index >= 15 is 0 Å². The number of allylic oxidation sites excluding steroid dienone is 1. The molecule has 0 bridgehead atoms. The van der Waals surface area contributed by atoms with Crippen molar-refractivity contribution >= 4 is 5.83 Å². The van der Waals surface area contributed by atoms with Gasteiger partial charge in [-0.25, -0.2) is 13.2 Å². The molecule has 0 unspecified atom stereocenters. The molecule has 0 saturated carbocycles. The van der Waals surface area contributed by atoms with Crippen molar-refractivity contribution in [1.82, 2.24) is 0 Å². The predicted octanol–water partition coefficient (Wildman–Crippen LogP) is 7.24. The minimum atomic E-state index is -0.825. The SMILES string of the molecule is CCCC/C(F)=C(/F)c1ccc(-c2ccc(CCC)cc2F)cc1. The third-order valence-corrected chi connectivity index (χ3v) is 4.01. The van der Waals surface area contributed by atoms with Gasteiger partial charge in [0.15, 0.2) is 5.83 Å². The van der Waals surface area contributed by atoms with Crippen LogP contribution < -0.4 is 0 Å². The topological polar surface area (TPSA) is 0 Å². The third-order valence-electron chi connectivity index (χ3n) is 4.01. The quantitative estimate of drug-likeness (QED) is 0.501. The second-order valence-corrected chi connectivity index (χ2v) is 5.96. The van der Waals surface area contributed by atoms with Crippen LogP contribution in [-0.4, -0.2) is 0 Å². The summed E-state index contributed by atoms with van der Waals surface area (Å²) in [6.45, 7) is 3.98. The highest BCUT2D eigenvalue weighted by molar-refractivity contribution is 5.69. The smallest absolute Gasteiger partial charge is 0.161 e. The second-order valence-electron chi connectivity index (χ2n) is 5.96. The fourth-order valence-electron chi connectivity index (χ4n) is 2.63. The van der Waals surface area contributed by atoms with E-state index in [-0.39, 0.29) is 17.8 Å². The number of unbranched alkanes of at least 4 members (excludes halogenated alkanes) is 1. The van der Waals surface area contributed by atoms with Crippen molar-refractivity contribution in [3.05, 3.63) is 65.2 Å². The van der Waals surface area contributed by atoms with Gasteiger partial charge in [-0.1, -0.05) is 63.1 Å². The van der Waals surface area contributed by atoms with Crippen molar-refractivity contribution in [2.75, 3.05) is 0 Å². The van der Waals surface area contributed by atoms with Crippen LogP contribution in [0.2, 0.25) is 0 Å². The first kappa shape index (κ1) is 18.3. The molecule has 0 heterocycles.